The number of Topliss-reactive ketones (excluding diaryl/α,β-unsaturated/α-hetero) is 2. The van der Waals surface area contributed by atoms with Crippen LogP contribution in [-0.2, 0) is 88.5 Å². The van der Waals surface area contributed by atoms with E-state index in [4.69, 9.17) is 41.0 Å². The van der Waals surface area contributed by atoms with Crippen molar-refractivity contribution in [2.24, 2.45) is 10.3 Å². The van der Waals surface area contributed by atoms with E-state index in [0.29, 0.717) is 88.1 Å². The van der Waals surface area contributed by atoms with Gasteiger partial charge in [-0.3, -0.25) is 29.0 Å². The van der Waals surface area contributed by atoms with Crippen molar-refractivity contribution < 1.29 is 84.0 Å². The molecule has 13 heterocycles. The molecule has 10 aromatic rings. The summed E-state index contributed by atoms with van der Waals surface area (Å²) >= 11 is 21.7. The molecule has 0 saturated carbocycles. The summed E-state index contributed by atoms with van der Waals surface area (Å²) < 4.78 is 14.9. The number of rotatable bonds is 21. The van der Waals surface area contributed by atoms with Crippen LogP contribution in [0.3, 0.4) is 0 Å². The van der Waals surface area contributed by atoms with E-state index in [-0.39, 0.29) is 99.7 Å². The van der Waals surface area contributed by atoms with Crippen LogP contribution in [0.1, 0.15) is 189 Å². The average molecular weight is 2520 g/mol. The SMILES string of the molecule is CN(C)Cc1cccnc1Br.CN(C)Cc1cccnc1N(C(=O)c1ccc(C2=NOC(C)(C)C2=O)cc1)[C@@H]1CCCN(C(=O)OC(C)(C)C)C1.CN(C)Cc1cccnc1N(C(=O)c1ccc(C2=NOC(C)(C)C2=O)cc1)[C@@H]1CCCNC1.CN(C)Cc1cccnc1N[C@@H]1CCCN(C(=O)OC(C)(C)C)C1.Cc1cccnc1Br.ClCc1cccnc1Br.O=C(O)c1cccnc1Br.OCc1cccnc1Br.[CH3-].[W]. The van der Waals surface area contributed by atoms with Gasteiger partial charge < -0.3 is 76.8 Å². The normalized spacial score (nSPS) is 15.8. The second-order valence-corrected chi connectivity index (χ2v) is 42.2. The van der Waals surface area contributed by atoms with Crippen molar-refractivity contribution in [3.05, 3.63) is 292 Å². The number of carboxylic acid groups (broad SMARTS) is 1. The van der Waals surface area contributed by atoms with Gasteiger partial charge in [-0.1, -0.05) is 77.0 Å². The van der Waals surface area contributed by atoms with Gasteiger partial charge in [0.05, 0.1) is 30.1 Å². The second kappa shape index (κ2) is 60.5. The predicted octanol–water partition coefficient (Wildman–Crippen LogP) is 19.8. The van der Waals surface area contributed by atoms with E-state index < -0.39 is 34.5 Å². The van der Waals surface area contributed by atoms with Gasteiger partial charge in [0, 0.05) is 180 Å². The second-order valence-electron chi connectivity index (χ2n) is 38.2. The van der Waals surface area contributed by atoms with Crippen molar-refractivity contribution in [1.82, 2.24) is 74.6 Å². The average Bonchev–Trinajstić information content (AvgIpc) is 1.40. The van der Waals surface area contributed by atoms with E-state index in [1.54, 1.807) is 146 Å². The molecule has 2 aromatic carbocycles. The number of benzene rings is 2. The number of hydrogen-bond acceptors (Lipinski definition) is 28. The molecule has 3 saturated heterocycles. The number of pyridine rings is 8. The summed E-state index contributed by atoms with van der Waals surface area (Å²) in [5.74, 6) is 0.975. The number of ketones is 2. The van der Waals surface area contributed by atoms with Gasteiger partial charge in [-0.25, -0.2) is 54.3 Å². The van der Waals surface area contributed by atoms with E-state index in [1.807, 2.05) is 181 Å². The minimum absolute atomic E-state index is 0. The molecular weight excluding hydrogens is 2380 g/mol. The Morgan fingerprint density at radius 2 is 0.849 bits per heavy atom. The first-order valence-corrected chi connectivity index (χ1v) is 51.4. The maximum Gasteiger partial charge on any atom is 0.410 e. The van der Waals surface area contributed by atoms with E-state index in [0.717, 1.165) is 112 Å². The number of piperidine rings is 3. The number of carbonyl (C=O) groups excluding carboxylic acids is 6. The number of oxime groups is 2. The molecule has 0 aliphatic carbocycles. The fourth-order valence-corrected chi connectivity index (χ4v) is 17.0. The van der Waals surface area contributed by atoms with Crippen molar-refractivity contribution in [3.8, 4) is 0 Å². The molecule has 4 amide bonds. The molecule has 15 rings (SSSR count). The molecule has 0 unspecified atom stereocenters. The van der Waals surface area contributed by atoms with Crippen molar-refractivity contribution >= 4 is 162 Å². The molecule has 8 aromatic heterocycles. The quantitative estimate of drug-likeness (QED) is 0.0295. The number of carbonyl (C=O) groups is 7. The van der Waals surface area contributed by atoms with E-state index in [2.05, 4.69) is 167 Å². The van der Waals surface area contributed by atoms with Gasteiger partial charge in [0.25, 0.3) is 11.8 Å². The summed E-state index contributed by atoms with van der Waals surface area (Å²) in [6.45, 7) is 27.0. The number of amides is 4. The number of halogens is 6. The van der Waals surface area contributed by atoms with Gasteiger partial charge in [-0.2, -0.15) is 0 Å². The Morgan fingerprint density at radius 3 is 1.21 bits per heavy atom. The number of carboxylic acids is 1. The van der Waals surface area contributed by atoms with Gasteiger partial charge in [0.15, 0.2) is 22.6 Å². The number of aromatic nitrogens is 8. The first kappa shape index (κ1) is 124. The maximum atomic E-state index is 14.2. The van der Waals surface area contributed by atoms with Crippen molar-refractivity contribution in [1.29, 1.82) is 0 Å². The third kappa shape index (κ3) is 39.7. The number of aliphatic hydroxyl groups is 1. The number of aliphatic hydroxyl groups excluding tert-OH is 1. The number of nitrogens with one attached hydrogen (secondary N) is 2. The Bertz CT molecular complexity index is 5890. The first-order valence-electron chi connectivity index (χ1n) is 46.9. The fourth-order valence-electron chi connectivity index (χ4n) is 14.8. The summed E-state index contributed by atoms with van der Waals surface area (Å²) in [6.07, 6.45) is 18.4. The van der Waals surface area contributed by atoms with Gasteiger partial charge >= 0.3 is 18.2 Å². The summed E-state index contributed by atoms with van der Waals surface area (Å²) in [6, 6.07) is 43.9. The fraction of sp³-hybridized carbons (Fsp3) is 0.415. The largest absolute Gasteiger partial charge is 0.478 e. The number of aromatic carboxylic acids is 1. The number of alkyl halides is 1. The predicted molar refractivity (Wildman–Crippen MR) is 587 cm³/mol. The molecule has 3 fully saturated rings. The van der Waals surface area contributed by atoms with Crippen molar-refractivity contribution in [2.45, 2.75) is 194 Å². The molecule has 0 radical (unpaired) electrons. The van der Waals surface area contributed by atoms with Crippen LogP contribution in [0.5, 0.6) is 0 Å². The summed E-state index contributed by atoms with van der Waals surface area (Å²) in [4.78, 5) is 148. The number of anilines is 3. The summed E-state index contributed by atoms with van der Waals surface area (Å²) in [5.41, 5.74) is 7.15. The molecule has 0 spiro atoms. The molecular formula is C106H135Br5ClN20O13W-. The topological polar surface area (TPSA) is 375 Å². The number of nitrogens with zero attached hydrogens (tertiary/aromatic N) is 18. The van der Waals surface area contributed by atoms with Crippen LogP contribution >= 0.6 is 91.3 Å². The third-order valence-electron chi connectivity index (χ3n) is 21.8. The van der Waals surface area contributed by atoms with E-state index in [9.17, 15) is 33.6 Å². The molecule has 40 heteroatoms. The number of ether oxygens (including phenoxy) is 2. The molecule has 786 valence electrons. The molecule has 3 atom stereocenters. The zero-order valence-corrected chi connectivity index (χ0v) is 98.2. The standard InChI is InChI=1S/C30H39N5O5.C25H31N5O3.C18H30N4O2.C8H11BrN2.C6H5BrClN.C6H4BrNO2.C6H6BrNO.C6H6BrN.CH3.W/c1-29(2,3)39-28(38)34-17-9-11-23(19-34)35(26-22(18-33(6)7)10-8-16-31-26)27(37)21-14-12-20(13-15-21)24-25(36)30(4,5)40-32-24;1-25(2)22(31)21(28-33-25)17-9-11-18(12-10-17)24(32)30(20-8-6-13-26-15-20)23-19(16-29(3)4)7-5-14-27-23;1-18(2,3)24-17(23)22-11-7-9-15(13-22)20-16-14(12-21(4)5)8-6-10-19-16;1-11(2)6-7-4-3-5-10-8(7)9;7-6-5(4-8)2-1-3-9-6;7-5-4(6(9)10)2-1-3-8-5;7-6-5(4-9)2-1-3-8-6;1-5-3-2-4-8-6(5)7;;/h8,10,12-16,23H,9,11,17-19H2,1-7H3;5,7,9-12,14,20,26H,6,8,13,15-16H2,1-4H3;6,8,10,15H,7,9,11-13H2,1-5H3,(H,19,20);3-5H,6H2,1-2H3;1-3H,4H2;1-3H,(H,9,10);1-3,9H,4H2;2-4H,1H3;1H3;/q;;;;;;;;-1;/t23-;20-;15-;;;;;;;/m111......./s1. The minimum Gasteiger partial charge on any atom is -0.478 e. The Balaban J connectivity index is 0.000000275. The van der Waals surface area contributed by atoms with Crippen LogP contribution in [0.25, 0.3) is 0 Å². The molecule has 5 aliphatic rings. The molecule has 146 heavy (non-hydrogen) atoms. The van der Waals surface area contributed by atoms with Crippen LogP contribution in [-0.4, -0.2) is 269 Å². The van der Waals surface area contributed by atoms with E-state index >= 15 is 0 Å². The molecule has 5 aliphatic heterocycles. The monoisotopic (exact) mass is 2510 g/mol. The zero-order valence-electron chi connectivity index (χ0n) is 86.5. The Morgan fingerprint density at radius 1 is 0.479 bits per heavy atom. The van der Waals surface area contributed by atoms with Gasteiger partial charge in [-0.15, -0.1) is 11.6 Å². The smallest absolute Gasteiger partial charge is 0.410 e. The molecule has 0 bridgehead atoms. The van der Waals surface area contributed by atoms with Crippen LogP contribution in [0, 0.1) is 14.4 Å². The summed E-state index contributed by atoms with van der Waals surface area (Å²) in [5, 5.41) is 32.0. The maximum absolute atomic E-state index is 14.2. The molecule has 33 nitrogen and oxygen atoms in total. The van der Waals surface area contributed by atoms with Crippen molar-refractivity contribution in [2.75, 3.05) is 111 Å². The van der Waals surface area contributed by atoms with E-state index in [1.165, 1.54) is 23.4 Å². The molecule has 4 N–H and O–H groups in total. The Labute approximate surface area is 920 Å². The van der Waals surface area contributed by atoms with Crippen LogP contribution in [0.2, 0.25) is 0 Å². The first-order chi connectivity index (χ1) is 68.2. The number of likely N-dealkylation sites (tertiary alicyclic amines) is 2. The van der Waals surface area contributed by atoms with Gasteiger partial charge in [-0.05, 0) is 353 Å². The van der Waals surface area contributed by atoms with Crippen LogP contribution in [0.4, 0.5) is 27.0 Å². The third-order valence-corrected chi connectivity index (χ3v) is 25.6. The number of hydrogen-bond donors (Lipinski definition) is 4. The number of aryl methyl sites for hydroxylation is 1. The van der Waals surface area contributed by atoms with Gasteiger partial charge in [0.1, 0.15) is 51.7 Å². The van der Waals surface area contributed by atoms with Crippen LogP contribution in [0.15, 0.2) is 228 Å². The minimum atomic E-state index is -1.01. The van der Waals surface area contributed by atoms with Crippen LogP contribution < -0.4 is 20.4 Å². The Kier molecular flexibility index (Phi) is 51.5. The van der Waals surface area contributed by atoms with Crippen molar-refractivity contribution in [3.63, 3.8) is 0 Å². The Hall–Kier alpha value is -10.2. The zero-order chi connectivity index (χ0) is 106. The summed E-state index contributed by atoms with van der Waals surface area (Å²) in [7, 11) is 16.1. The van der Waals surface area contributed by atoms with Gasteiger partial charge in [0.2, 0.25) is 11.6 Å².